The molecule has 0 amide bonds. The van der Waals surface area contributed by atoms with Crippen LogP contribution in [0.4, 0.5) is 0 Å². The maximum Gasteiger partial charge on any atom is 0.164 e. The number of furan rings is 1. The van der Waals surface area contributed by atoms with E-state index in [9.17, 15) is 0 Å². The first-order valence-electron chi connectivity index (χ1n) is 23.1. The Bertz CT molecular complexity index is 3710. The standard InChI is InChI=1S/C64H41N3O/c1-5-16-46(17-6-1)61-65-62(47-18-7-2-8-19-47)67-63(66-61)54-25-15-27-59-60(54)55-40-48(37-39-58(55)68-59)44-32-28-42(29-33-44)43-30-34-45(35-31-43)49-36-38-53-52-24-13-14-26-56(52)64(57(53)41-49,50-20-9-3-10-21-50)51-22-11-4-12-23-51/h1-41H. The van der Waals surface area contributed by atoms with Crippen LogP contribution in [0.2, 0.25) is 0 Å². The van der Waals surface area contributed by atoms with Gasteiger partial charge in [0.25, 0.3) is 0 Å². The minimum Gasteiger partial charge on any atom is -0.456 e. The molecule has 4 heteroatoms. The monoisotopic (exact) mass is 867 g/mol. The molecule has 68 heavy (non-hydrogen) atoms. The van der Waals surface area contributed by atoms with E-state index in [4.69, 9.17) is 19.4 Å². The van der Waals surface area contributed by atoms with Crippen molar-refractivity contribution >= 4 is 21.9 Å². The Morgan fingerprint density at radius 2 is 0.721 bits per heavy atom. The lowest BCUT2D eigenvalue weighted by Gasteiger charge is -2.34. The molecule has 0 saturated carbocycles. The van der Waals surface area contributed by atoms with Gasteiger partial charge < -0.3 is 4.42 Å². The van der Waals surface area contributed by atoms with Crippen LogP contribution >= 0.6 is 0 Å². The molecule has 0 atom stereocenters. The molecule has 0 radical (unpaired) electrons. The molecule has 0 unspecified atom stereocenters. The summed E-state index contributed by atoms with van der Waals surface area (Å²) in [6.07, 6.45) is 0. The van der Waals surface area contributed by atoms with Crippen LogP contribution < -0.4 is 0 Å². The van der Waals surface area contributed by atoms with Crippen molar-refractivity contribution in [3.8, 4) is 78.7 Å². The third-order valence-electron chi connectivity index (χ3n) is 13.7. The summed E-state index contributed by atoms with van der Waals surface area (Å²) < 4.78 is 6.47. The Morgan fingerprint density at radius 1 is 0.279 bits per heavy atom. The molecule has 12 aromatic rings. The molecular weight excluding hydrogens is 827 g/mol. The lowest BCUT2D eigenvalue weighted by molar-refractivity contribution is 0.669. The molecule has 0 aliphatic heterocycles. The summed E-state index contributed by atoms with van der Waals surface area (Å²) in [5, 5.41) is 1.99. The van der Waals surface area contributed by atoms with Gasteiger partial charge in [-0.05, 0) is 91.0 Å². The van der Waals surface area contributed by atoms with Gasteiger partial charge in [0.2, 0.25) is 0 Å². The first-order valence-corrected chi connectivity index (χ1v) is 23.1. The van der Waals surface area contributed by atoms with Gasteiger partial charge in [-0.25, -0.2) is 15.0 Å². The van der Waals surface area contributed by atoms with E-state index in [1.54, 1.807) is 0 Å². The van der Waals surface area contributed by atoms with Gasteiger partial charge in [-0.1, -0.05) is 224 Å². The minimum absolute atomic E-state index is 0.434. The fraction of sp³-hybridized carbons (Fsp3) is 0.0156. The highest BCUT2D eigenvalue weighted by Crippen LogP contribution is 2.56. The van der Waals surface area contributed by atoms with Crippen LogP contribution in [0.5, 0.6) is 0 Å². The Kier molecular flexibility index (Phi) is 9.36. The van der Waals surface area contributed by atoms with Crippen LogP contribution in [0.15, 0.2) is 253 Å². The smallest absolute Gasteiger partial charge is 0.164 e. The molecular formula is C64H41N3O. The predicted octanol–water partition coefficient (Wildman–Crippen LogP) is 16.1. The molecule has 0 fully saturated rings. The van der Waals surface area contributed by atoms with Crippen LogP contribution in [0.25, 0.3) is 101 Å². The SMILES string of the molecule is c1ccc(-c2nc(-c3ccccc3)nc(-c3cccc4oc5ccc(-c6ccc(-c7ccc(-c8ccc9c(c8)C(c8ccccc8)(c8ccccc8)c8ccccc8-9)cc7)cc6)cc5c34)n2)cc1. The number of hydrogen-bond donors (Lipinski definition) is 0. The first kappa shape index (κ1) is 39.4. The van der Waals surface area contributed by atoms with Gasteiger partial charge in [0.05, 0.1) is 5.41 Å². The summed E-state index contributed by atoms with van der Waals surface area (Å²) in [6, 6.07) is 88.5. The highest BCUT2D eigenvalue weighted by molar-refractivity contribution is 6.12. The van der Waals surface area contributed by atoms with Crippen LogP contribution in [-0.4, -0.2) is 15.0 Å². The van der Waals surface area contributed by atoms with Crippen molar-refractivity contribution in [1.29, 1.82) is 0 Å². The highest BCUT2D eigenvalue weighted by atomic mass is 16.3. The van der Waals surface area contributed by atoms with Crippen molar-refractivity contribution in [2.24, 2.45) is 0 Å². The van der Waals surface area contributed by atoms with E-state index < -0.39 is 5.41 Å². The zero-order chi connectivity index (χ0) is 45.0. The van der Waals surface area contributed by atoms with Crippen molar-refractivity contribution in [2.45, 2.75) is 5.41 Å². The third kappa shape index (κ3) is 6.49. The normalized spacial score (nSPS) is 12.5. The van der Waals surface area contributed by atoms with Crippen molar-refractivity contribution in [1.82, 2.24) is 15.0 Å². The highest BCUT2D eigenvalue weighted by Gasteiger charge is 2.46. The average Bonchev–Trinajstić information content (AvgIpc) is 3.95. The summed E-state index contributed by atoms with van der Waals surface area (Å²) in [5.41, 5.74) is 18.6. The lowest BCUT2D eigenvalue weighted by atomic mass is 9.67. The van der Waals surface area contributed by atoms with Gasteiger partial charge in [0, 0.05) is 27.5 Å². The van der Waals surface area contributed by atoms with Gasteiger partial charge in [-0.3, -0.25) is 0 Å². The van der Waals surface area contributed by atoms with Crippen LogP contribution in [0.3, 0.4) is 0 Å². The van der Waals surface area contributed by atoms with Crippen molar-refractivity contribution in [3.63, 3.8) is 0 Å². The Labute approximate surface area is 394 Å². The van der Waals surface area contributed by atoms with E-state index in [2.05, 4.69) is 176 Å². The zero-order valence-electron chi connectivity index (χ0n) is 36.9. The molecule has 0 saturated heterocycles. The summed E-state index contributed by atoms with van der Waals surface area (Å²) in [7, 11) is 0. The fourth-order valence-corrected chi connectivity index (χ4v) is 10.5. The molecule has 0 spiro atoms. The molecule has 0 N–H and O–H groups in total. The largest absolute Gasteiger partial charge is 0.456 e. The Hall–Kier alpha value is -8.99. The van der Waals surface area contributed by atoms with Crippen LogP contribution in [0, 0.1) is 0 Å². The summed E-state index contributed by atoms with van der Waals surface area (Å²) >= 11 is 0. The number of rotatable bonds is 8. The second kappa shape index (κ2) is 16.2. The van der Waals surface area contributed by atoms with Gasteiger partial charge >= 0.3 is 0 Å². The first-order chi connectivity index (χ1) is 33.7. The van der Waals surface area contributed by atoms with E-state index in [0.29, 0.717) is 17.5 Å². The molecule has 10 aromatic carbocycles. The number of benzene rings is 10. The second-order valence-corrected chi connectivity index (χ2v) is 17.5. The summed E-state index contributed by atoms with van der Waals surface area (Å²) in [5.74, 6) is 1.84. The van der Waals surface area contributed by atoms with Gasteiger partial charge in [-0.2, -0.15) is 0 Å². The van der Waals surface area contributed by atoms with Crippen molar-refractivity contribution < 1.29 is 4.42 Å². The summed E-state index contributed by atoms with van der Waals surface area (Å²) in [4.78, 5) is 15.1. The van der Waals surface area contributed by atoms with Crippen molar-refractivity contribution in [2.75, 3.05) is 0 Å². The average molecular weight is 868 g/mol. The van der Waals surface area contributed by atoms with Gasteiger partial charge in [0.15, 0.2) is 17.5 Å². The Balaban J connectivity index is 0.834. The van der Waals surface area contributed by atoms with Crippen molar-refractivity contribution in [3.05, 3.63) is 271 Å². The number of hydrogen-bond acceptors (Lipinski definition) is 4. The molecule has 13 rings (SSSR count). The second-order valence-electron chi connectivity index (χ2n) is 17.5. The molecule has 0 bridgehead atoms. The molecule has 1 aliphatic carbocycles. The Morgan fingerprint density at radius 3 is 1.31 bits per heavy atom. The van der Waals surface area contributed by atoms with Crippen LogP contribution in [-0.2, 0) is 5.41 Å². The molecule has 2 heterocycles. The molecule has 4 nitrogen and oxygen atoms in total. The quantitative estimate of drug-likeness (QED) is 0.153. The maximum atomic E-state index is 6.47. The van der Waals surface area contributed by atoms with E-state index >= 15 is 0 Å². The van der Waals surface area contributed by atoms with Crippen LogP contribution in [0.1, 0.15) is 22.3 Å². The topological polar surface area (TPSA) is 51.8 Å². The number of fused-ring (bicyclic) bond motifs is 6. The third-order valence-corrected chi connectivity index (χ3v) is 13.7. The number of nitrogens with zero attached hydrogens (tertiary/aromatic N) is 3. The van der Waals surface area contributed by atoms with Gasteiger partial charge in [-0.15, -0.1) is 0 Å². The summed E-state index contributed by atoms with van der Waals surface area (Å²) in [6.45, 7) is 0. The number of aromatic nitrogens is 3. The van der Waals surface area contributed by atoms with Gasteiger partial charge in [0.1, 0.15) is 11.2 Å². The van der Waals surface area contributed by atoms with E-state index in [1.807, 2.05) is 72.8 Å². The van der Waals surface area contributed by atoms with E-state index in [1.165, 1.54) is 50.1 Å². The fourth-order valence-electron chi connectivity index (χ4n) is 10.5. The maximum absolute atomic E-state index is 6.47. The van der Waals surface area contributed by atoms with E-state index in [-0.39, 0.29) is 0 Å². The predicted molar refractivity (Wildman–Crippen MR) is 277 cm³/mol. The molecule has 318 valence electrons. The lowest BCUT2D eigenvalue weighted by Crippen LogP contribution is -2.28. The van der Waals surface area contributed by atoms with E-state index in [0.717, 1.165) is 55.3 Å². The minimum atomic E-state index is -0.434. The molecule has 2 aromatic heterocycles. The molecule has 1 aliphatic rings. The zero-order valence-corrected chi connectivity index (χ0v) is 36.9.